The second-order valence-corrected chi connectivity index (χ2v) is 37.4. The summed E-state index contributed by atoms with van der Waals surface area (Å²) < 4.78 is 100. The number of likely N-dealkylation sites (tertiary alicyclic amines) is 1. The lowest BCUT2D eigenvalue weighted by Gasteiger charge is -2.72. The number of aliphatic hydroxyl groups is 1. The lowest BCUT2D eigenvalue weighted by Crippen LogP contribution is -2.61. The first-order chi connectivity index (χ1) is 49.1. The lowest BCUT2D eigenvalue weighted by atomic mass is 9.33. The number of halogens is 3. The van der Waals surface area contributed by atoms with Crippen LogP contribution >= 0.6 is 23.1 Å². The second-order valence-electron chi connectivity index (χ2n) is 31.8. The Labute approximate surface area is 619 Å². The molecule has 5 aromatic rings. The van der Waals surface area contributed by atoms with Gasteiger partial charge in [0.15, 0.2) is 0 Å². The number of aliphatic hydroxyl groups excluding tert-OH is 1. The van der Waals surface area contributed by atoms with Crippen molar-refractivity contribution in [1.29, 1.82) is 0 Å². The summed E-state index contributed by atoms with van der Waals surface area (Å²) >= 11 is 2.95. The molecule has 2 bridgehead atoms. The zero-order valence-corrected chi connectivity index (χ0v) is 64.2. The molecule has 5 atom stereocenters. The summed E-state index contributed by atoms with van der Waals surface area (Å²) in [5.74, 6) is -2.06. The number of hydrogen-bond acceptors (Lipinski definition) is 17. The standard InChI is InChI=1S/C77H101F3N10O10S4/c1-51(53-19-21-54(22-20-53)68-52(2)81-50-102-68)82-71(95)64-41-59(91)45-90(64)72(96)69(73(3,4)5)84-66(92)17-13-10-14-18-67(93)89-39-33-86(34-40-89)32-30-57(46-101-60-15-11-9-12-16-60)83-63-28-27-61(42-65(63)103(97,98)77(78,79)80)104(99,100)85-70(94)55-23-25-58(26-24-55)88-37-35-87(36-38-88)44-56-29-31-74(6,7)43-62(56)76-47-75(8,48-76)49-76/h9,11-12,15-16,19-28,42,50-51,57,59,64,69,83,91H,10,13-14,17-18,29-41,43-49H2,1-8H3,(H,82,95)(H,84,92)(H,85,94)/t51-,57?,59+,64-,69?,75?,76?/m0/s1. The smallest absolute Gasteiger partial charge is 0.391 e. The number of thioether (sulfide) groups is 1. The van der Waals surface area contributed by atoms with Gasteiger partial charge in [0.25, 0.3) is 25.8 Å². The van der Waals surface area contributed by atoms with Crippen LogP contribution in [0.4, 0.5) is 24.5 Å². The van der Waals surface area contributed by atoms with E-state index in [1.54, 1.807) is 45.0 Å². The van der Waals surface area contributed by atoms with E-state index in [4.69, 9.17) is 0 Å². The zero-order chi connectivity index (χ0) is 74.7. The molecular formula is C77H101F3N10O10S4. The SMILES string of the molecule is Cc1ncsc1-c1ccc([C@H](C)NC(=O)[C@@H]2C[C@@H](O)CN2C(=O)C(NC(=O)CCCCCC(=O)N2CCN(CCC(CSc3ccccc3)Nc3ccc(S(=O)(=O)NC(=O)c4ccc(N5CCN(CC6=C(C78CC(C)(C7)C8)CC(C)(C)CC6)CC5)cc4)cc3S(=O)(=O)C(F)(F)F)CC2)C(C)(C)C)cc1. The molecule has 4 aliphatic carbocycles. The van der Waals surface area contributed by atoms with E-state index in [1.807, 2.05) is 93.9 Å². The van der Waals surface area contributed by atoms with Gasteiger partial charge in [-0.15, -0.1) is 23.1 Å². The van der Waals surface area contributed by atoms with Gasteiger partial charge in [0.2, 0.25) is 23.6 Å². The van der Waals surface area contributed by atoms with Crippen molar-refractivity contribution in [2.75, 3.05) is 88.0 Å². The van der Waals surface area contributed by atoms with E-state index in [1.165, 1.54) is 60.9 Å². The number of sulfone groups is 1. The van der Waals surface area contributed by atoms with Gasteiger partial charge in [-0.1, -0.05) is 102 Å². The van der Waals surface area contributed by atoms with Gasteiger partial charge in [0.05, 0.1) is 38.8 Å². The van der Waals surface area contributed by atoms with E-state index in [2.05, 4.69) is 56.4 Å². The number of thiazole rings is 1. The minimum absolute atomic E-state index is 0.0185. The Morgan fingerprint density at radius 1 is 0.798 bits per heavy atom. The normalized spacial score (nSPS) is 22.6. The van der Waals surface area contributed by atoms with Crippen LogP contribution in [0.2, 0.25) is 0 Å². The van der Waals surface area contributed by atoms with E-state index in [9.17, 15) is 59.1 Å². The molecule has 27 heteroatoms. The maximum atomic E-state index is 14.6. The van der Waals surface area contributed by atoms with Crippen molar-refractivity contribution < 1.29 is 59.1 Å². The van der Waals surface area contributed by atoms with Crippen LogP contribution in [0.3, 0.4) is 0 Å². The molecule has 3 aliphatic heterocycles. The molecule has 7 aliphatic rings. The Balaban J connectivity index is 0.640. The fourth-order valence-corrected chi connectivity index (χ4v) is 20.0. The molecule has 104 heavy (non-hydrogen) atoms. The van der Waals surface area contributed by atoms with Crippen LogP contribution in [0.15, 0.2) is 128 Å². The van der Waals surface area contributed by atoms with Gasteiger partial charge in [0, 0.05) is 119 Å². The van der Waals surface area contributed by atoms with Crippen molar-refractivity contribution in [2.24, 2.45) is 21.7 Å². The molecule has 0 spiro atoms. The number of alkyl halides is 3. The van der Waals surface area contributed by atoms with Crippen molar-refractivity contribution in [2.45, 2.75) is 189 Å². The largest absolute Gasteiger partial charge is 0.501 e. The van der Waals surface area contributed by atoms with Crippen LogP contribution < -0.4 is 25.6 Å². The van der Waals surface area contributed by atoms with Crippen LogP contribution in [0.5, 0.6) is 0 Å². The molecule has 1 aromatic heterocycles. The molecule has 3 saturated carbocycles. The molecule has 5 amide bonds. The number of anilines is 2. The van der Waals surface area contributed by atoms with Crippen LogP contribution in [-0.4, -0.2) is 184 Å². The van der Waals surface area contributed by atoms with Gasteiger partial charge >= 0.3 is 5.51 Å². The number of rotatable bonds is 28. The molecule has 4 heterocycles. The van der Waals surface area contributed by atoms with Crippen molar-refractivity contribution in [1.82, 2.24) is 39.9 Å². The van der Waals surface area contributed by atoms with Gasteiger partial charge in [0.1, 0.15) is 17.0 Å². The van der Waals surface area contributed by atoms with Crippen molar-refractivity contribution in [3.63, 3.8) is 0 Å². The number of nitrogens with zero attached hydrogens (tertiary/aromatic N) is 6. The van der Waals surface area contributed by atoms with Crippen molar-refractivity contribution >= 4 is 83.9 Å². The monoisotopic (exact) mass is 1510 g/mol. The summed E-state index contributed by atoms with van der Waals surface area (Å²) in [5.41, 5.74) is 3.05. The predicted octanol–water partition coefficient (Wildman–Crippen LogP) is 11.8. The topological polar surface area (TPSA) is 251 Å². The number of unbranched alkanes of at least 4 members (excludes halogenated alkanes) is 2. The summed E-state index contributed by atoms with van der Waals surface area (Å²) in [6, 6.07) is 22.9. The fourth-order valence-electron chi connectivity index (χ4n) is 16.2. The third-order valence-electron chi connectivity index (χ3n) is 21.9. The third-order valence-corrected chi connectivity index (χ3v) is 26.9. The quantitative estimate of drug-likeness (QED) is 0.0177. The van der Waals surface area contributed by atoms with Crippen LogP contribution in [0.1, 0.15) is 160 Å². The molecule has 4 aromatic carbocycles. The Morgan fingerprint density at radius 3 is 2.10 bits per heavy atom. The molecule has 564 valence electrons. The maximum absolute atomic E-state index is 14.6. The minimum atomic E-state index is -6.17. The number of nitrogens with one attached hydrogen (secondary N) is 4. The highest BCUT2D eigenvalue weighted by Crippen LogP contribution is 2.77. The van der Waals surface area contributed by atoms with Gasteiger partial charge in [-0.25, -0.2) is 26.5 Å². The maximum Gasteiger partial charge on any atom is 0.501 e. The fraction of sp³-hybridized carbons (Fsp3) is 0.558. The summed E-state index contributed by atoms with van der Waals surface area (Å²) in [4.78, 5) is 82.8. The second kappa shape index (κ2) is 31.9. The van der Waals surface area contributed by atoms with Gasteiger partial charge in [-0.3, -0.25) is 33.8 Å². The third kappa shape index (κ3) is 18.6. The Hall–Kier alpha value is -6.88. The molecule has 2 unspecified atom stereocenters. The number of aromatic nitrogens is 1. The number of carbonyl (C=O) groups is 5. The number of carbonyl (C=O) groups excluding carboxylic acids is 5. The number of amides is 5. The van der Waals surface area contributed by atoms with E-state index in [0.29, 0.717) is 80.7 Å². The predicted molar refractivity (Wildman–Crippen MR) is 400 cm³/mol. The van der Waals surface area contributed by atoms with Crippen LogP contribution in [-0.2, 0) is 39.0 Å². The van der Waals surface area contributed by atoms with E-state index in [-0.39, 0.29) is 48.9 Å². The van der Waals surface area contributed by atoms with Crippen molar-refractivity contribution in [3.05, 3.63) is 131 Å². The van der Waals surface area contributed by atoms with Gasteiger partial charge in [-0.05, 0) is 159 Å². The highest BCUT2D eigenvalue weighted by atomic mass is 32.2. The summed E-state index contributed by atoms with van der Waals surface area (Å²) in [5, 5.41) is 19.7. The number of benzene rings is 4. The summed E-state index contributed by atoms with van der Waals surface area (Å²) in [6.45, 7) is 22.8. The minimum Gasteiger partial charge on any atom is -0.391 e. The lowest BCUT2D eigenvalue weighted by molar-refractivity contribution is -0.167. The first-order valence-corrected chi connectivity index (χ1v) is 41.3. The molecule has 0 radical (unpaired) electrons. The molecule has 5 N–H and O–H groups in total. The van der Waals surface area contributed by atoms with E-state index >= 15 is 0 Å². The van der Waals surface area contributed by atoms with Gasteiger partial charge < -0.3 is 35.8 Å². The highest BCUT2D eigenvalue weighted by Gasteiger charge is 2.67. The van der Waals surface area contributed by atoms with E-state index in [0.717, 1.165) is 83.6 Å². The zero-order valence-electron chi connectivity index (χ0n) is 61.0. The Morgan fingerprint density at radius 2 is 1.46 bits per heavy atom. The number of aryl methyl sites for hydroxylation is 1. The molecule has 3 saturated heterocycles. The Kier molecular flexibility index (Phi) is 24.0. The molecule has 12 rings (SSSR count). The molecule has 20 nitrogen and oxygen atoms in total. The van der Waals surface area contributed by atoms with Crippen LogP contribution in [0, 0.1) is 28.6 Å². The summed E-state index contributed by atoms with van der Waals surface area (Å²) in [7, 11) is -11.1. The first-order valence-electron chi connectivity index (χ1n) is 36.4. The molecular weight excluding hydrogens is 1410 g/mol. The summed E-state index contributed by atoms with van der Waals surface area (Å²) in [6.07, 6.45) is 8.76. The number of allylic oxidation sites excluding steroid dienone is 1. The average molecular weight is 1510 g/mol. The van der Waals surface area contributed by atoms with E-state index < -0.39 is 94.3 Å². The Bertz CT molecular complexity index is 4170. The number of sulfonamides is 1. The van der Waals surface area contributed by atoms with Gasteiger partial charge in [-0.2, -0.15) is 13.2 Å². The number of β-amino-alcohol motifs (C(OH)–C–C–N with tert-alkyl or cyclic N) is 1. The van der Waals surface area contributed by atoms with Crippen molar-refractivity contribution in [3.8, 4) is 10.4 Å². The number of hydrogen-bond donors (Lipinski definition) is 5. The number of piperazine rings is 2. The first kappa shape index (κ1) is 78.2. The molecule has 6 fully saturated rings. The highest BCUT2D eigenvalue weighted by molar-refractivity contribution is 7.99. The van der Waals surface area contributed by atoms with Crippen LogP contribution in [0.25, 0.3) is 10.4 Å². The average Bonchev–Trinajstić information content (AvgIpc) is 0.711.